The van der Waals surface area contributed by atoms with Crippen LogP contribution < -0.4 is 10.5 Å². The first kappa shape index (κ1) is 19.1. The summed E-state index contributed by atoms with van der Waals surface area (Å²) in [5.41, 5.74) is 11.0. The molecule has 1 aliphatic heterocycles. The van der Waals surface area contributed by atoms with Crippen molar-refractivity contribution >= 4 is 17.4 Å². The van der Waals surface area contributed by atoms with Crippen LogP contribution in [0.1, 0.15) is 41.8 Å². The van der Waals surface area contributed by atoms with E-state index in [1.807, 2.05) is 30.5 Å². The van der Waals surface area contributed by atoms with E-state index in [2.05, 4.69) is 45.8 Å². The second-order valence-corrected chi connectivity index (χ2v) is 8.63. The third kappa shape index (κ3) is 3.07. The number of nitrogen functional groups attached to an aromatic ring is 1. The smallest absolute Gasteiger partial charge is 0.150 e. The number of aromatic nitrogens is 3. The van der Waals surface area contributed by atoms with Gasteiger partial charge in [0.05, 0.1) is 0 Å². The first-order valence-electron chi connectivity index (χ1n) is 11.0. The Balaban J connectivity index is 1.41. The van der Waals surface area contributed by atoms with E-state index in [1.165, 1.54) is 0 Å². The van der Waals surface area contributed by atoms with Gasteiger partial charge in [-0.25, -0.2) is 9.97 Å². The summed E-state index contributed by atoms with van der Waals surface area (Å²) in [4.78, 5) is 9.34. The van der Waals surface area contributed by atoms with Gasteiger partial charge in [-0.3, -0.25) is 4.40 Å². The van der Waals surface area contributed by atoms with Crippen molar-refractivity contribution < 1.29 is 9.84 Å². The van der Waals surface area contributed by atoms with Crippen LogP contribution in [0.15, 0.2) is 67.0 Å². The summed E-state index contributed by atoms with van der Waals surface area (Å²) in [7, 11) is 0. The molecule has 2 aromatic carbocycles. The fraction of sp³-hybridized carbons (Fsp3) is 0.231. The zero-order chi connectivity index (χ0) is 21.7. The Morgan fingerprint density at radius 2 is 1.97 bits per heavy atom. The number of aliphatic hydroxyl groups excluding tert-OH is 1. The molecule has 160 valence electrons. The number of fused-ring (bicyclic) bond motifs is 2. The average Bonchev–Trinajstić information content (AvgIpc) is 3.19. The van der Waals surface area contributed by atoms with Gasteiger partial charge in [-0.05, 0) is 36.5 Å². The second-order valence-electron chi connectivity index (χ2n) is 8.63. The van der Waals surface area contributed by atoms with Gasteiger partial charge < -0.3 is 15.6 Å². The maximum atomic E-state index is 9.43. The largest absolute Gasteiger partial charge is 0.481 e. The molecule has 6 nitrogen and oxygen atoms in total. The van der Waals surface area contributed by atoms with Gasteiger partial charge in [0.25, 0.3) is 0 Å². The minimum Gasteiger partial charge on any atom is -0.481 e. The summed E-state index contributed by atoms with van der Waals surface area (Å²) >= 11 is 0. The maximum Gasteiger partial charge on any atom is 0.150 e. The summed E-state index contributed by atoms with van der Waals surface area (Å²) in [6.07, 6.45) is 9.58. The van der Waals surface area contributed by atoms with Crippen LogP contribution in [0.4, 0.5) is 5.82 Å². The Hall–Kier alpha value is -3.64. The quantitative estimate of drug-likeness (QED) is 0.500. The highest BCUT2D eigenvalue weighted by molar-refractivity contribution is 5.86. The molecule has 0 spiro atoms. The fourth-order valence-electron chi connectivity index (χ4n) is 4.78. The van der Waals surface area contributed by atoms with Crippen molar-refractivity contribution in [3.8, 4) is 17.0 Å². The molecule has 4 aromatic rings. The van der Waals surface area contributed by atoms with Crippen molar-refractivity contribution in [1.82, 2.24) is 14.4 Å². The first-order valence-corrected chi connectivity index (χ1v) is 11.0. The topological polar surface area (TPSA) is 85.7 Å². The van der Waals surface area contributed by atoms with E-state index in [-0.39, 0.29) is 12.7 Å². The van der Waals surface area contributed by atoms with E-state index in [9.17, 15) is 5.11 Å². The molecular weight excluding hydrogens is 400 g/mol. The zero-order valence-electron chi connectivity index (χ0n) is 17.6. The minimum absolute atomic E-state index is 0.120. The summed E-state index contributed by atoms with van der Waals surface area (Å²) in [5, 5.41) is 9.43. The van der Waals surface area contributed by atoms with Gasteiger partial charge in [0.2, 0.25) is 0 Å². The Bertz CT molecular complexity index is 1320. The van der Waals surface area contributed by atoms with Crippen molar-refractivity contribution in [2.24, 2.45) is 5.92 Å². The molecule has 1 unspecified atom stereocenters. The van der Waals surface area contributed by atoms with Gasteiger partial charge in [0.1, 0.15) is 34.7 Å². The van der Waals surface area contributed by atoms with E-state index in [4.69, 9.17) is 15.5 Å². The molecule has 6 heteroatoms. The number of benzene rings is 2. The van der Waals surface area contributed by atoms with Gasteiger partial charge in [-0.15, -0.1) is 0 Å². The summed E-state index contributed by atoms with van der Waals surface area (Å²) in [6, 6.07) is 16.4. The number of aliphatic hydroxyl groups is 1. The number of nitrogens with two attached hydrogens (primary N) is 1. The highest BCUT2D eigenvalue weighted by atomic mass is 16.5. The third-order valence-electron chi connectivity index (χ3n) is 6.59. The van der Waals surface area contributed by atoms with Gasteiger partial charge in [-0.1, -0.05) is 48.5 Å². The standard InChI is InChI=1S/C26H24N4O2/c27-25-24-23(29-26(30(24)11-10-28-25)20-12-16(13-20)15-31)19-7-6-18-8-9-21(32-22(18)14-19)17-4-2-1-3-5-17/h1-11,14,16,20-21,31H,12-13,15H2,(H2,27,28). The van der Waals surface area contributed by atoms with E-state index in [0.29, 0.717) is 17.7 Å². The normalized spacial score (nSPS) is 21.7. The molecule has 0 bridgehead atoms. The summed E-state index contributed by atoms with van der Waals surface area (Å²) in [5.74, 6) is 2.94. The molecule has 2 aromatic heterocycles. The molecule has 1 aliphatic carbocycles. The fourth-order valence-corrected chi connectivity index (χ4v) is 4.78. The molecule has 3 N–H and O–H groups in total. The van der Waals surface area contributed by atoms with Crippen molar-refractivity contribution in [3.63, 3.8) is 0 Å². The van der Waals surface area contributed by atoms with Crippen LogP contribution in [-0.4, -0.2) is 26.1 Å². The van der Waals surface area contributed by atoms with Crippen LogP contribution in [0, 0.1) is 5.92 Å². The molecule has 1 saturated carbocycles. The molecule has 0 saturated heterocycles. The van der Waals surface area contributed by atoms with Gasteiger partial charge in [0.15, 0.2) is 0 Å². The van der Waals surface area contributed by atoms with Crippen LogP contribution in [0.5, 0.6) is 5.75 Å². The van der Waals surface area contributed by atoms with Crippen molar-refractivity contribution in [2.45, 2.75) is 24.9 Å². The van der Waals surface area contributed by atoms with Gasteiger partial charge in [-0.2, -0.15) is 0 Å². The van der Waals surface area contributed by atoms with E-state index in [1.54, 1.807) is 6.20 Å². The SMILES string of the molecule is Nc1nccn2c(C3CC(CO)C3)nc(-c3ccc4c(c3)OC(c3ccccc3)C=C4)c12. The lowest BCUT2D eigenvalue weighted by atomic mass is 9.75. The van der Waals surface area contributed by atoms with Gasteiger partial charge in [0, 0.05) is 36.0 Å². The molecular formula is C26H24N4O2. The number of hydrogen-bond acceptors (Lipinski definition) is 5. The molecule has 1 atom stereocenters. The number of ether oxygens (including phenoxy) is 1. The highest BCUT2D eigenvalue weighted by Crippen LogP contribution is 2.43. The van der Waals surface area contributed by atoms with Crippen molar-refractivity contribution in [1.29, 1.82) is 0 Å². The first-order chi connectivity index (χ1) is 15.7. The number of nitrogens with zero attached hydrogens (tertiary/aromatic N) is 3. The average molecular weight is 425 g/mol. The van der Waals surface area contributed by atoms with Crippen LogP contribution in [-0.2, 0) is 0 Å². The van der Waals surface area contributed by atoms with Gasteiger partial charge >= 0.3 is 0 Å². The Labute approximate surface area is 186 Å². The predicted molar refractivity (Wildman–Crippen MR) is 124 cm³/mol. The van der Waals surface area contributed by atoms with E-state index < -0.39 is 0 Å². The monoisotopic (exact) mass is 424 g/mol. The van der Waals surface area contributed by atoms with Crippen LogP contribution in [0.2, 0.25) is 0 Å². The van der Waals surface area contributed by atoms with E-state index in [0.717, 1.165) is 52.3 Å². The Kier molecular flexibility index (Phi) is 4.47. The lowest BCUT2D eigenvalue weighted by Crippen LogP contribution is -2.26. The Morgan fingerprint density at radius 3 is 2.78 bits per heavy atom. The van der Waals surface area contributed by atoms with Crippen LogP contribution in [0.3, 0.4) is 0 Å². The number of imidazole rings is 1. The zero-order valence-corrected chi connectivity index (χ0v) is 17.6. The second kappa shape index (κ2) is 7.50. The van der Waals surface area contributed by atoms with Crippen molar-refractivity contribution in [3.05, 3.63) is 84.0 Å². The van der Waals surface area contributed by atoms with Crippen LogP contribution >= 0.6 is 0 Å². The highest BCUT2D eigenvalue weighted by Gasteiger charge is 2.34. The number of hydrogen-bond donors (Lipinski definition) is 2. The minimum atomic E-state index is -0.120. The molecule has 2 aliphatic rings. The molecule has 3 heterocycles. The third-order valence-corrected chi connectivity index (χ3v) is 6.59. The van der Waals surface area contributed by atoms with Crippen molar-refractivity contribution in [2.75, 3.05) is 12.3 Å². The molecule has 32 heavy (non-hydrogen) atoms. The Morgan fingerprint density at radius 1 is 1.12 bits per heavy atom. The molecule has 6 rings (SSSR count). The number of anilines is 1. The lowest BCUT2D eigenvalue weighted by molar-refractivity contribution is 0.138. The lowest BCUT2D eigenvalue weighted by Gasteiger charge is -2.33. The summed E-state index contributed by atoms with van der Waals surface area (Å²) in [6.45, 7) is 0.231. The predicted octanol–water partition coefficient (Wildman–Crippen LogP) is 4.61. The molecule has 0 amide bonds. The van der Waals surface area contributed by atoms with Crippen LogP contribution in [0.25, 0.3) is 22.9 Å². The number of rotatable bonds is 4. The maximum absolute atomic E-state index is 9.43. The van der Waals surface area contributed by atoms with E-state index >= 15 is 0 Å². The molecule has 1 fully saturated rings. The molecule has 0 radical (unpaired) electrons. The summed E-state index contributed by atoms with van der Waals surface area (Å²) < 4.78 is 8.40.